The van der Waals surface area contributed by atoms with Gasteiger partial charge in [0.15, 0.2) is 0 Å². The zero-order chi connectivity index (χ0) is 15.5. The summed E-state index contributed by atoms with van der Waals surface area (Å²) in [5, 5.41) is 8.41. The maximum atomic E-state index is 12.3. The van der Waals surface area contributed by atoms with Crippen LogP contribution in [0.5, 0.6) is 0 Å². The van der Waals surface area contributed by atoms with Crippen LogP contribution in [0.3, 0.4) is 0 Å². The number of carbonyl (C=O) groups is 1. The fourth-order valence-electron chi connectivity index (χ4n) is 2.42. The van der Waals surface area contributed by atoms with Gasteiger partial charge in [-0.2, -0.15) is 5.10 Å². The maximum Gasteiger partial charge on any atom is 0.253 e. The number of aromatic nitrogens is 2. The van der Waals surface area contributed by atoms with Crippen molar-refractivity contribution < 1.29 is 4.79 Å². The van der Waals surface area contributed by atoms with Crippen LogP contribution in [0.25, 0.3) is 10.9 Å². The molecule has 0 aliphatic carbocycles. The van der Waals surface area contributed by atoms with Gasteiger partial charge < -0.3 is 5.32 Å². The van der Waals surface area contributed by atoms with Crippen molar-refractivity contribution in [2.45, 2.75) is 20.0 Å². The van der Waals surface area contributed by atoms with E-state index in [0.717, 1.165) is 23.0 Å². The van der Waals surface area contributed by atoms with Crippen molar-refractivity contribution in [1.82, 2.24) is 15.1 Å². The lowest BCUT2D eigenvalue weighted by molar-refractivity contribution is 0.0951. The molecule has 0 spiro atoms. The van der Waals surface area contributed by atoms with Gasteiger partial charge in [0.2, 0.25) is 0 Å². The van der Waals surface area contributed by atoms with Gasteiger partial charge in [-0.3, -0.25) is 9.48 Å². The molecule has 0 fully saturated rings. The summed E-state index contributed by atoms with van der Waals surface area (Å²) < 4.78 is 1.85. The van der Waals surface area contributed by atoms with Gasteiger partial charge in [-0.15, -0.1) is 0 Å². The van der Waals surface area contributed by atoms with Crippen LogP contribution in [0.2, 0.25) is 5.02 Å². The van der Waals surface area contributed by atoms with Crippen LogP contribution in [0.1, 0.15) is 22.8 Å². The van der Waals surface area contributed by atoms with Crippen LogP contribution < -0.4 is 5.32 Å². The highest BCUT2D eigenvalue weighted by Gasteiger charge is 2.15. The van der Waals surface area contributed by atoms with E-state index >= 15 is 0 Å². The van der Waals surface area contributed by atoms with E-state index < -0.39 is 0 Å². The number of hydrogen-bond acceptors (Lipinski definition) is 2. The van der Waals surface area contributed by atoms with Crippen molar-refractivity contribution in [3.63, 3.8) is 0 Å². The molecule has 5 heteroatoms. The molecule has 0 radical (unpaired) electrons. The number of hydrogen-bond donors (Lipinski definition) is 1. The van der Waals surface area contributed by atoms with Crippen LogP contribution in [-0.2, 0) is 13.1 Å². The van der Waals surface area contributed by atoms with Gasteiger partial charge in [0.05, 0.1) is 22.3 Å². The second-order valence-corrected chi connectivity index (χ2v) is 5.37. The summed E-state index contributed by atoms with van der Waals surface area (Å²) in [5.41, 5.74) is 2.46. The standard InChI is InChI=1S/C17H16ClN3O/c1-2-21-15-9-8-13(16(18)14(15)11-20-21)17(22)19-10-12-6-4-3-5-7-12/h3-9,11H,2,10H2,1H3,(H,19,22). The van der Waals surface area contributed by atoms with E-state index in [0.29, 0.717) is 17.1 Å². The molecule has 2 aromatic carbocycles. The first-order valence-electron chi connectivity index (χ1n) is 7.17. The summed E-state index contributed by atoms with van der Waals surface area (Å²) in [6.45, 7) is 3.25. The van der Waals surface area contributed by atoms with Gasteiger partial charge in [0.1, 0.15) is 0 Å². The number of carbonyl (C=O) groups excluding carboxylic acids is 1. The molecule has 3 aromatic rings. The van der Waals surface area contributed by atoms with E-state index in [1.165, 1.54) is 0 Å². The fraction of sp³-hybridized carbons (Fsp3) is 0.176. The molecule has 112 valence electrons. The molecule has 1 aromatic heterocycles. The predicted molar refractivity (Wildman–Crippen MR) is 88.0 cm³/mol. The summed E-state index contributed by atoms with van der Waals surface area (Å²) in [5.74, 6) is -0.181. The maximum absolute atomic E-state index is 12.3. The summed E-state index contributed by atoms with van der Waals surface area (Å²) in [6.07, 6.45) is 1.70. The zero-order valence-corrected chi connectivity index (χ0v) is 13.0. The normalized spacial score (nSPS) is 10.8. The SMILES string of the molecule is CCn1ncc2c(Cl)c(C(=O)NCc3ccccc3)ccc21. The summed E-state index contributed by atoms with van der Waals surface area (Å²) >= 11 is 6.37. The number of fused-ring (bicyclic) bond motifs is 1. The summed E-state index contributed by atoms with van der Waals surface area (Å²) in [7, 11) is 0. The monoisotopic (exact) mass is 313 g/mol. The summed E-state index contributed by atoms with van der Waals surface area (Å²) in [4.78, 5) is 12.3. The van der Waals surface area contributed by atoms with Crippen molar-refractivity contribution in [1.29, 1.82) is 0 Å². The van der Waals surface area contributed by atoms with Crippen molar-refractivity contribution in [2.75, 3.05) is 0 Å². The Balaban J connectivity index is 1.83. The molecular formula is C17H16ClN3O. The van der Waals surface area contributed by atoms with Gasteiger partial charge >= 0.3 is 0 Å². The van der Waals surface area contributed by atoms with E-state index in [-0.39, 0.29) is 5.91 Å². The minimum absolute atomic E-state index is 0.181. The Kier molecular flexibility index (Phi) is 4.11. The first-order valence-corrected chi connectivity index (χ1v) is 7.54. The molecule has 0 unspecified atom stereocenters. The molecular weight excluding hydrogens is 298 g/mol. The number of halogens is 1. The van der Waals surface area contributed by atoms with Crippen LogP contribution in [0.15, 0.2) is 48.7 Å². The minimum Gasteiger partial charge on any atom is -0.348 e. The Morgan fingerprint density at radius 1 is 1.23 bits per heavy atom. The quantitative estimate of drug-likeness (QED) is 0.799. The van der Waals surface area contributed by atoms with Crippen molar-refractivity contribution in [3.8, 4) is 0 Å². The zero-order valence-electron chi connectivity index (χ0n) is 12.2. The fourth-order valence-corrected chi connectivity index (χ4v) is 2.72. The van der Waals surface area contributed by atoms with E-state index in [4.69, 9.17) is 11.6 Å². The molecule has 0 bridgehead atoms. The van der Waals surface area contributed by atoms with Crippen LogP contribution in [0.4, 0.5) is 0 Å². The molecule has 3 rings (SSSR count). The molecule has 1 N–H and O–H groups in total. The number of nitrogens with one attached hydrogen (secondary N) is 1. The van der Waals surface area contributed by atoms with E-state index in [9.17, 15) is 4.79 Å². The molecule has 0 saturated carbocycles. The van der Waals surface area contributed by atoms with E-state index in [2.05, 4.69) is 10.4 Å². The molecule has 1 heterocycles. The first kappa shape index (κ1) is 14.6. The lowest BCUT2D eigenvalue weighted by atomic mass is 10.1. The number of nitrogens with zero attached hydrogens (tertiary/aromatic N) is 2. The lowest BCUT2D eigenvalue weighted by Gasteiger charge is -2.08. The molecule has 0 atom stereocenters. The van der Waals surface area contributed by atoms with E-state index in [1.807, 2.05) is 48.0 Å². The Morgan fingerprint density at radius 3 is 2.73 bits per heavy atom. The van der Waals surface area contributed by atoms with Gasteiger partial charge in [-0.25, -0.2) is 0 Å². The number of aryl methyl sites for hydroxylation is 1. The molecule has 0 aliphatic heterocycles. The topological polar surface area (TPSA) is 46.9 Å². The Morgan fingerprint density at radius 2 is 2.00 bits per heavy atom. The number of rotatable bonds is 4. The van der Waals surface area contributed by atoms with Crippen LogP contribution in [0, 0.1) is 0 Å². The number of benzene rings is 2. The highest BCUT2D eigenvalue weighted by Crippen LogP contribution is 2.27. The second-order valence-electron chi connectivity index (χ2n) is 4.99. The predicted octanol–water partition coefficient (Wildman–Crippen LogP) is 3.64. The minimum atomic E-state index is -0.181. The Bertz CT molecular complexity index is 811. The smallest absolute Gasteiger partial charge is 0.253 e. The summed E-state index contributed by atoms with van der Waals surface area (Å²) in [6, 6.07) is 13.4. The van der Waals surface area contributed by atoms with Gasteiger partial charge in [-0.05, 0) is 24.6 Å². The highest BCUT2D eigenvalue weighted by molar-refractivity contribution is 6.38. The third-order valence-electron chi connectivity index (χ3n) is 3.60. The third kappa shape index (κ3) is 2.70. The average Bonchev–Trinajstić information content (AvgIpc) is 2.98. The molecule has 0 saturated heterocycles. The highest BCUT2D eigenvalue weighted by atomic mass is 35.5. The molecule has 0 aliphatic rings. The van der Waals surface area contributed by atoms with Crippen molar-refractivity contribution in [2.24, 2.45) is 0 Å². The third-order valence-corrected chi connectivity index (χ3v) is 4.01. The first-order chi connectivity index (χ1) is 10.7. The van der Waals surface area contributed by atoms with Crippen molar-refractivity contribution in [3.05, 3.63) is 64.8 Å². The van der Waals surface area contributed by atoms with Crippen LogP contribution >= 0.6 is 11.6 Å². The van der Waals surface area contributed by atoms with Crippen molar-refractivity contribution >= 4 is 28.4 Å². The van der Waals surface area contributed by atoms with Gasteiger partial charge in [0, 0.05) is 18.5 Å². The number of amides is 1. The second kappa shape index (κ2) is 6.20. The lowest BCUT2D eigenvalue weighted by Crippen LogP contribution is -2.23. The van der Waals surface area contributed by atoms with Gasteiger partial charge in [0.25, 0.3) is 5.91 Å². The Labute approximate surface area is 133 Å². The average molecular weight is 314 g/mol. The Hall–Kier alpha value is -2.33. The van der Waals surface area contributed by atoms with E-state index in [1.54, 1.807) is 12.3 Å². The largest absolute Gasteiger partial charge is 0.348 e. The van der Waals surface area contributed by atoms with Gasteiger partial charge in [-0.1, -0.05) is 41.9 Å². The van der Waals surface area contributed by atoms with Crippen LogP contribution in [-0.4, -0.2) is 15.7 Å². The molecule has 1 amide bonds. The molecule has 4 nitrogen and oxygen atoms in total. The molecule has 22 heavy (non-hydrogen) atoms.